The lowest BCUT2D eigenvalue weighted by Crippen LogP contribution is -2.55. The minimum absolute atomic E-state index is 0.0797. The summed E-state index contributed by atoms with van der Waals surface area (Å²) in [6, 6.07) is 2.38. The lowest BCUT2D eigenvalue weighted by Gasteiger charge is -2.38. The third kappa shape index (κ3) is 2.25. The molecule has 5 nitrogen and oxygen atoms in total. The quantitative estimate of drug-likeness (QED) is 0.859. The Balaban J connectivity index is 2.55. The fourth-order valence-electron chi connectivity index (χ4n) is 2.28. The van der Waals surface area contributed by atoms with E-state index >= 15 is 0 Å². The van der Waals surface area contributed by atoms with Crippen molar-refractivity contribution in [2.75, 3.05) is 10.2 Å². The first kappa shape index (κ1) is 13.3. The van der Waals surface area contributed by atoms with E-state index < -0.39 is 17.9 Å². The van der Waals surface area contributed by atoms with Crippen LogP contribution in [0.15, 0.2) is 18.2 Å². The van der Waals surface area contributed by atoms with Crippen molar-refractivity contribution in [2.24, 2.45) is 11.7 Å². The molecular formula is C13H16FN3O2. The van der Waals surface area contributed by atoms with Crippen molar-refractivity contribution in [3.05, 3.63) is 24.0 Å². The van der Waals surface area contributed by atoms with Gasteiger partial charge < -0.3 is 11.1 Å². The molecule has 19 heavy (non-hydrogen) atoms. The Morgan fingerprint density at radius 3 is 2.84 bits per heavy atom. The lowest BCUT2D eigenvalue weighted by atomic mass is 9.94. The van der Waals surface area contributed by atoms with Gasteiger partial charge in [-0.3, -0.25) is 9.69 Å². The van der Waals surface area contributed by atoms with Gasteiger partial charge in [0.1, 0.15) is 11.9 Å². The number of halogens is 1. The molecule has 1 aliphatic rings. The number of carbonyl (C=O) groups excluding carboxylic acids is 2. The summed E-state index contributed by atoms with van der Waals surface area (Å²) in [5.41, 5.74) is 6.06. The van der Waals surface area contributed by atoms with Gasteiger partial charge in [-0.05, 0) is 24.1 Å². The number of hydrogen-bond donors (Lipinski definition) is 2. The van der Waals surface area contributed by atoms with Crippen molar-refractivity contribution in [1.29, 1.82) is 0 Å². The summed E-state index contributed by atoms with van der Waals surface area (Å²) in [5.74, 6) is -0.861. The average Bonchev–Trinajstić information content (AvgIpc) is 2.36. The summed E-state index contributed by atoms with van der Waals surface area (Å²) in [4.78, 5) is 24.9. The van der Waals surface area contributed by atoms with E-state index in [1.54, 1.807) is 0 Å². The van der Waals surface area contributed by atoms with E-state index in [-0.39, 0.29) is 11.8 Å². The van der Waals surface area contributed by atoms with Crippen LogP contribution in [-0.4, -0.2) is 18.0 Å². The van der Waals surface area contributed by atoms with Crippen LogP contribution >= 0.6 is 0 Å². The molecule has 0 aromatic heterocycles. The van der Waals surface area contributed by atoms with Crippen LogP contribution in [0.3, 0.4) is 0 Å². The first-order valence-electron chi connectivity index (χ1n) is 6.14. The second kappa shape index (κ2) is 4.87. The fourth-order valence-corrected chi connectivity index (χ4v) is 2.28. The van der Waals surface area contributed by atoms with Gasteiger partial charge in [-0.1, -0.05) is 20.3 Å². The van der Waals surface area contributed by atoms with Gasteiger partial charge in [0.15, 0.2) is 0 Å². The molecule has 1 aromatic rings. The highest BCUT2D eigenvalue weighted by Crippen LogP contribution is 2.35. The topological polar surface area (TPSA) is 75.4 Å². The Morgan fingerprint density at radius 2 is 2.26 bits per heavy atom. The number of carbonyl (C=O) groups is 2. The number of hydrogen-bond acceptors (Lipinski definition) is 2. The van der Waals surface area contributed by atoms with E-state index in [0.29, 0.717) is 17.8 Å². The molecule has 0 bridgehead atoms. The Morgan fingerprint density at radius 1 is 1.58 bits per heavy atom. The molecule has 0 spiro atoms. The van der Waals surface area contributed by atoms with E-state index in [0.717, 1.165) is 0 Å². The monoisotopic (exact) mass is 265 g/mol. The van der Waals surface area contributed by atoms with Crippen LogP contribution in [0.5, 0.6) is 0 Å². The average molecular weight is 265 g/mol. The third-order valence-corrected chi connectivity index (χ3v) is 3.44. The Bertz CT molecular complexity index is 533. The standard InChI is InChI=1S/C13H16FN3O2/c1-3-7(2)11-12(18)16-9-5-4-8(14)6-10(9)17(11)13(15)19/h4-7,11H,3H2,1-2H3,(H2,15,19)(H,16,18)/t7-,11-/m0/s1. The highest BCUT2D eigenvalue weighted by atomic mass is 19.1. The van der Waals surface area contributed by atoms with Crippen molar-refractivity contribution in [3.63, 3.8) is 0 Å². The second-order valence-electron chi connectivity index (χ2n) is 4.69. The SMILES string of the molecule is CC[C@H](C)[C@H]1C(=O)Nc2ccc(F)cc2N1C(N)=O. The van der Waals surface area contributed by atoms with Crippen LogP contribution in [0.4, 0.5) is 20.6 Å². The molecule has 102 valence electrons. The number of benzene rings is 1. The molecule has 3 amide bonds. The molecule has 2 rings (SSSR count). The third-order valence-electron chi connectivity index (χ3n) is 3.44. The zero-order valence-corrected chi connectivity index (χ0v) is 10.8. The summed E-state index contributed by atoms with van der Waals surface area (Å²) in [7, 11) is 0. The molecule has 0 aliphatic carbocycles. The van der Waals surface area contributed by atoms with E-state index in [1.807, 2.05) is 13.8 Å². The smallest absolute Gasteiger partial charge is 0.320 e. The number of urea groups is 1. The summed E-state index contributed by atoms with van der Waals surface area (Å²) in [6.45, 7) is 3.77. The number of anilines is 2. The Kier molecular flexibility index (Phi) is 3.42. The van der Waals surface area contributed by atoms with E-state index in [1.165, 1.54) is 23.1 Å². The highest BCUT2D eigenvalue weighted by Gasteiger charge is 2.38. The van der Waals surface area contributed by atoms with Gasteiger partial charge in [0.25, 0.3) is 0 Å². The molecule has 2 atom stereocenters. The maximum Gasteiger partial charge on any atom is 0.320 e. The van der Waals surface area contributed by atoms with Gasteiger partial charge >= 0.3 is 6.03 Å². The predicted octanol–water partition coefficient (Wildman–Crippen LogP) is 2.08. The molecule has 1 heterocycles. The van der Waals surface area contributed by atoms with Crippen molar-refractivity contribution in [3.8, 4) is 0 Å². The highest BCUT2D eigenvalue weighted by molar-refractivity contribution is 6.11. The normalized spacial score (nSPS) is 19.6. The van der Waals surface area contributed by atoms with Gasteiger partial charge in [0, 0.05) is 0 Å². The molecule has 0 fully saturated rings. The van der Waals surface area contributed by atoms with Crippen LogP contribution in [0.2, 0.25) is 0 Å². The van der Waals surface area contributed by atoms with Gasteiger partial charge in [-0.15, -0.1) is 0 Å². The largest absolute Gasteiger partial charge is 0.351 e. The fraction of sp³-hybridized carbons (Fsp3) is 0.385. The summed E-state index contributed by atoms with van der Waals surface area (Å²) >= 11 is 0. The predicted molar refractivity (Wildman–Crippen MR) is 70.3 cm³/mol. The van der Waals surface area contributed by atoms with Gasteiger partial charge in [-0.2, -0.15) is 0 Å². The first-order valence-corrected chi connectivity index (χ1v) is 6.14. The van der Waals surface area contributed by atoms with Crippen LogP contribution in [0.25, 0.3) is 0 Å². The molecule has 1 aromatic carbocycles. The molecule has 0 radical (unpaired) electrons. The molecule has 0 unspecified atom stereocenters. The van der Waals surface area contributed by atoms with Crippen LogP contribution in [-0.2, 0) is 4.79 Å². The minimum atomic E-state index is -0.757. The zero-order valence-electron chi connectivity index (χ0n) is 10.8. The number of amides is 3. The number of nitrogens with one attached hydrogen (secondary N) is 1. The van der Waals surface area contributed by atoms with Crippen molar-refractivity contribution >= 4 is 23.3 Å². The maximum atomic E-state index is 13.3. The maximum absolute atomic E-state index is 13.3. The molecule has 6 heteroatoms. The van der Waals surface area contributed by atoms with E-state index in [2.05, 4.69) is 5.32 Å². The zero-order chi connectivity index (χ0) is 14.2. The van der Waals surface area contributed by atoms with Crippen LogP contribution in [0.1, 0.15) is 20.3 Å². The summed E-state index contributed by atoms with van der Waals surface area (Å²) in [6.07, 6.45) is 0.701. The van der Waals surface area contributed by atoms with Crippen LogP contribution in [0, 0.1) is 11.7 Å². The molecular weight excluding hydrogens is 249 g/mol. The Hall–Kier alpha value is -2.11. The number of fused-ring (bicyclic) bond motifs is 1. The number of nitrogens with zero attached hydrogens (tertiary/aromatic N) is 1. The van der Waals surface area contributed by atoms with Gasteiger partial charge in [0.2, 0.25) is 5.91 Å². The molecule has 0 saturated heterocycles. The van der Waals surface area contributed by atoms with E-state index in [9.17, 15) is 14.0 Å². The Labute approximate surface area is 110 Å². The van der Waals surface area contributed by atoms with Crippen molar-refractivity contribution in [2.45, 2.75) is 26.3 Å². The molecule has 3 N–H and O–H groups in total. The molecule has 0 saturated carbocycles. The first-order chi connectivity index (χ1) is 8.95. The summed E-state index contributed by atoms with van der Waals surface area (Å²) < 4.78 is 13.3. The number of primary amides is 1. The van der Waals surface area contributed by atoms with Crippen molar-refractivity contribution in [1.82, 2.24) is 0 Å². The second-order valence-corrected chi connectivity index (χ2v) is 4.69. The summed E-state index contributed by atoms with van der Waals surface area (Å²) in [5, 5.41) is 2.68. The number of rotatable bonds is 2. The number of nitrogens with two attached hydrogens (primary N) is 1. The lowest BCUT2D eigenvalue weighted by molar-refractivity contribution is -0.118. The van der Waals surface area contributed by atoms with Crippen LogP contribution < -0.4 is 16.0 Å². The molecule has 1 aliphatic heterocycles. The van der Waals surface area contributed by atoms with Gasteiger partial charge in [-0.25, -0.2) is 9.18 Å². The van der Waals surface area contributed by atoms with Crippen molar-refractivity contribution < 1.29 is 14.0 Å². The minimum Gasteiger partial charge on any atom is -0.351 e. The van der Waals surface area contributed by atoms with Gasteiger partial charge in [0.05, 0.1) is 11.4 Å². The van der Waals surface area contributed by atoms with E-state index in [4.69, 9.17) is 5.73 Å².